The number of hydrogen-bond donors (Lipinski definition) is 2. The Hall–Kier alpha value is -3.09. The molecule has 2 bridgehead atoms. The first-order valence-electron chi connectivity index (χ1n) is 14.3. The summed E-state index contributed by atoms with van der Waals surface area (Å²) in [6.45, 7) is 2.04. The maximum absolute atomic E-state index is 14.4. The summed E-state index contributed by atoms with van der Waals surface area (Å²) in [7, 11) is 1.41. The molecule has 42 heavy (non-hydrogen) atoms. The lowest BCUT2D eigenvalue weighted by molar-refractivity contribution is -0.196. The molecule has 1 amide bonds. The lowest BCUT2D eigenvalue weighted by Gasteiger charge is -2.42. The number of pyridine rings is 1. The van der Waals surface area contributed by atoms with Gasteiger partial charge in [-0.2, -0.15) is 18.3 Å². The summed E-state index contributed by atoms with van der Waals surface area (Å²) in [5.74, 6) is -1.45. The molecular formula is C29H36F5N5O3. The molecular weight excluding hydrogens is 561 g/mol. The first-order chi connectivity index (χ1) is 19.7. The van der Waals surface area contributed by atoms with E-state index in [4.69, 9.17) is 4.74 Å². The van der Waals surface area contributed by atoms with E-state index in [0.29, 0.717) is 12.8 Å². The van der Waals surface area contributed by atoms with E-state index in [1.54, 1.807) is 0 Å². The van der Waals surface area contributed by atoms with Crippen molar-refractivity contribution >= 4 is 11.7 Å². The molecule has 0 aromatic carbocycles. The Balaban J connectivity index is 1.22. The summed E-state index contributed by atoms with van der Waals surface area (Å²) in [6, 6.07) is 0.671. The number of piperidine rings is 1. The van der Waals surface area contributed by atoms with Crippen molar-refractivity contribution in [3.05, 3.63) is 29.8 Å². The van der Waals surface area contributed by atoms with E-state index in [1.807, 2.05) is 0 Å². The number of Topliss-reactive ketones (excluding diaryl/α,β-unsaturated/α-hetero) is 1. The van der Waals surface area contributed by atoms with Gasteiger partial charge >= 0.3 is 6.18 Å². The molecule has 2 aromatic rings. The highest BCUT2D eigenvalue weighted by atomic mass is 19.4. The minimum Gasteiger partial charge on any atom is -0.481 e. The standard InChI is InChI=1S/C29H36F5N5O3/c1-28(2,31)14-39-13-18(6-7-23(39)29(32,33)34)36-27(41)17-8-15-4-5-16(9-17)25(15)26(40)22-11-21(37-38-22)19-10-24(42-3)35-12-20(19)30/h10-12,15-18,23,25H,4-9,13-14H2,1-3H3,(H,36,41)(H,37,38)/t15-,16+,17?,18-,23-,25?/m0/s1. The summed E-state index contributed by atoms with van der Waals surface area (Å²) >= 11 is 0. The number of ether oxygens (including phenoxy) is 1. The molecule has 2 saturated carbocycles. The van der Waals surface area contributed by atoms with Gasteiger partial charge in [0.15, 0.2) is 11.6 Å². The molecule has 3 aliphatic rings. The van der Waals surface area contributed by atoms with Crippen molar-refractivity contribution in [1.82, 2.24) is 25.4 Å². The Morgan fingerprint density at radius 1 is 1.10 bits per heavy atom. The number of alkyl halides is 4. The van der Waals surface area contributed by atoms with Crippen LogP contribution >= 0.6 is 0 Å². The number of rotatable bonds is 8. The summed E-state index contributed by atoms with van der Waals surface area (Å²) < 4.78 is 74.5. The van der Waals surface area contributed by atoms with Gasteiger partial charge in [0.25, 0.3) is 0 Å². The zero-order chi connectivity index (χ0) is 30.4. The van der Waals surface area contributed by atoms with E-state index in [1.165, 1.54) is 33.1 Å². The number of methoxy groups -OCH3 is 1. The number of likely N-dealkylation sites (tertiary alicyclic amines) is 1. The molecule has 2 unspecified atom stereocenters. The third kappa shape index (κ3) is 6.45. The molecule has 8 nitrogen and oxygen atoms in total. The number of nitrogens with one attached hydrogen (secondary N) is 2. The van der Waals surface area contributed by atoms with Gasteiger partial charge in [-0.05, 0) is 70.3 Å². The lowest BCUT2D eigenvalue weighted by atomic mass is 9.70. The van der Waals surface area contributed by atoms with Gasteiger partial charge in [0.1, 0.15) is 17.4 Å². The van der Waals surface area contributed by atoms with Crippen LogP contribution in [-0.4, -0.2) is 75.9 Å². The van der Waals surface area contributed by atoms with Crippen LogP contribution < -0.4 is 10.1 Å². The Labute approximate surface area is 240 Å². The monoisotopic (exact) mass is 597 g/mol. The second-order valence-electron chi connectivity index (χ2n) is 12.5. The molecule has 0 spiro atoms. The lowest BCUT2D eigenvalue weighted by Crippen LogP contribution is -2.59. The highest BCUT2D eigenvalue weighted by Crippen LogP contribution is 2.50. The van der Waals surface area contributed by atoms with Gasteiger partial charge < -0.3 is 10.1 Å². The number of amides is 1. The molecule has 0 radical (unpaired) electrons. The number of hydrogen-bond acceptors (Lipinski definition) is 6. The number of carbonyl (C=O) groups excluding carboxylic acids is 2. The highest BCUT2D eigenvalue weighted by molar-refractivity contribution is 5.98. The third-order valence-corrected chi connectivity index (χ3v) is 8.92. The Morgan fingerprint density at radius 2 is 1.79 bits per heavy atom. The molecule has 13 heteroatoms. The van der Waals surface area contributed by atoms with Crippen LogP contribution in [0, 0.1) is 29.5 Å². The minimum atomic E-state index is -4.47. The van der Waals surface area contributed by atoms with Crippen LogP contribution in [0.3, 0.4) is 0 Å². The number of H-pyrrole nitrogens is 1. The average molecular weight is 598 g/mol. The fourth-order valence-corrected chi connectivity index (χ4v) is 7.17. The van der Waals surface area contributed by atoms with E-state index in [9.17, 15) is 31.5 Å². The van der Waals surface area contributed by atoms with Crippen LogP contribution in [0.1, 0.15) is 62.9 Å². The molecule has 1 saturated heterocycles. The van der Waals surface area contributed by atoms with Crippen molar-refractivity contribution in [2.24, 2.45) is 23.7 Å². The SMILES string of the molecule is COc1cc(-c2cc(C(=O)C3[C@@H]4CC[C@H]3CC(C(=O)N[C@H]3CC[C@@H](C(F)(F)F)N(CC(C)(C)F)C3)C4)[nH]n2)c(F)cn1. The van der Waals surface area contributed by atoms with Gasteiger partial charge in [-0.15, -0.1) is 0 Å². The minimum absolute atomic E-state index is 0.0266. The van der Waals surface area contributed by atoms with Crippen molar-refractivity contribution in [2.75, 3.05) is 20.2 Å². The number of ketones is 1. The third-order valence-electron chi connectivity index (χ3n) is 8.92. The van der Waals surface area contributed by atoms with Crippen molar-refractivity contribution in [3.8, 4) is 17.1 Å². The van der Waals surface area contributed by atoms with Crippen molar-refractivity contribution in [2.45, 2.75) is 76.3 Å². The van der Waals surface area contributed by atoms with E-state index in [2.05, 4.69) is 20.5 Å². The number of carbonyl (C=O) groups is 2. The quantitative estimate of drug-likeness (QED) is 0.324. The summed E-state index contributed by atoms with van der Waals surface area (Å²) in [5.41, 5.74) is -1.14. The molecule has 3 heterocycles. The van der Waals surface area contributed by atoms with Gasteiger partial charge in [0.05, 0.1) is 19.0 Å². The molecule has 2 N–H and O–H groups in total. The fourth-order valence-electron chi connectivity index (χ4n) is 7.17. The maximum Gasteiger partial charge on any atom is 0.404 e. The number of nitrogens with zero attached hydrogens (tertiary/aromatic N) is 3. The largest absolute Gasteiger partial charge is 0.481 e. The van der Waals surface area contributed by atoms with Gasteiger partial charge in [-0.1, -0.05) is 0 Å². The molecule has 6 atom stereocenters. The first kappa shape index (κ1) is 30.4. The Morgan fingerprint density at radius 3 is 2.40 bits per heavy atom. The van der Waals surface area contributed by atoms with E-state index >= 15 is 0 Å². The predicted octanol–water partition coefficient (Wildman–Crippen LogP) is 5.11. The Bertz CT molecular complexity index is 1300. The molecule has 5 rings (SSSR count). The maximum atomic E-state index is 14.4. The van der Waals surface area contributed by atoms with Gasteiger partial charge in [-0.3, -0.25) is 19.6 Å². The number of fused-ring (bicyclic) bond motifs is 2. The average Bonchev–Trinajstić information content (AvgIpc) is 3.49. The second-order valence-corrected chi connectivity index (χ2v) is 12.5. The first-order valence-corrected chi connectivity index (χ1v) is 14.3. The van der Waals surface area contributed by atoms with Crippen LogP contribution in [0.4, 0.5) is 22.0 Å². The van der Waals surface area contributed by atoms with E-state index in [-0.39, 0.29) is 84.1 Å². The van der Waals surface area contributed by atoms with Gasteiger partial charge in [0, 0.05) is 42.6 Å². The molecule has 1 aliphatic heterocycles. The summed E-state index contributed by atoms with van der Waals surface area (Å²) in [4.78, 5) is 31.7. The van der Waals surface area contributed by atoms with Crippen LogP contribution in [0.5, 0.6) is 5.88 Å². The zero-order valence-corrected chi connectivity index (χ0v) is 23.8. The second kappa shape index (κ2) is 11.5. The smallest absolute Gasteiger partial charge is 0.404 e. The molecule has 230 valence electrons. The molecule has 3 fully saturated rings. The zero-order valence-electron chi connectivity index (χ0n) is 23.8. The molecule has 2 aliphatic carbocycles. The van der Waals surface area contributed by atoms with Crippen LogP contribution in [0.25, 0.3) is 11.3 Å². The number of halogens is 5. The topological polar surface area (TPSA) is 100 Å². The van der Waals surface area contributed by atoms with Gasteiger partial charge in [-0.25, -0.2) is 13.8 Å². The van der Waals surface area contributed by atoms with Crippen molar-refractivity contribution < 1.29 is 36.3 Å². The van der Waals surface area contributed by atoms with Gasteiger partial charge in [0.2, 0.25) is 11.8 Å². The van der Waals surface area contributed by atoms with Crippen LogP contribution in [0.15, 0.2) is 18.3 Å². The van der Waals surface area contributed by atoms with Crippen LogP contribution in [-0.2, 0) is 4.79 Å². The van der Waals surface area contributed by atoms with E-state index in [0.717, 1.165) is 23.9 Å². The number of aromatic nitrogens is 3. The fraction of sp³-hybridized carbons (Fsp3) is 0.655. The Kier molecular flexibility index (Phi) is 8.34. The normalized spacial score (nSPS) is 28.5. The van der Waals surface area contributed by atoms with Crippen molar-refractivity contribution in [1.29, 1.82) is 0 Å². The highest BCUT2D eigenvalue weighted by Gasteiger charge is 2.50. The van der Waals surface area contributed by atoms with Crippen LogP contribution in [0.2, 0.25) is 0 Å². The number of aromatic amines is 1. The predicted molar refractivity (Wildman–Crippen MR) is 143 cm³/mol. The van der Waals surface area contributed by atoms with E-state index < -0.39 is 29.7 Å². The summed E-state index contributed by atoms with van der Waals surface area (Å²) in [5, 5.41) is 9.81. The van der Waals surface area contributed by atoms with Crippen molar-refractivity contribution in [3.63, 3.8) is 0 Å². The summed E-state index contributed by atoms with van der Waals surface area (Å²) in [6.07, 6.45) is -0.928. The molecule has 2 aromatic heterocycles.